The normalized spacial score (nSPS) is 20.4. The molecular weight excluding hydrogens is 312 g/mol. The van der Waals surface area contributed by atoms with Crippen LogP contribution < -0.4 is 10.6 Å². The first kappa shape index (κ1) is 17.6. The van der Waals surface area contributed by atoms with E-state index in [0.717, 1.165) is 30.8 Å². The van der Waals surface area contributed by atoms with Crippen molar-refractivity contribution in [3.8, 4) is 0 Å². The van der Waals surface area contributed by atoms with Crippen LogP contribution in [0.1, 0.15) is 30.7 Å². The molecule has 1 aliphatic rings. The average molecular weight is 341 g/mol. The fourth-order valence-corrected chi connectivity index (χ4v) is 4.64. The SMILES string of the molecule is CCNC(=NCC(c1cccs1)N(C)C)NCC1CCCS1. The highest BCUT2D eigenvalue weighted by Gasteiger charge is 2.17. The maximum absolute atomic E-state index is 4.80. The minimum absolute atomic E-state index is 0.344. The summed E-state index contributed by atoms with van der Waals surface area (Å²) in [6.07, 6.45) is 2.68. The van der Waals surface area contributed by atoms with Crippen LogP contribution in [0.4, 0.5) is 0 Å². The van der Waals surface area contributed by atoms with Crippen molar-refractivity contribution in [3.05, 3.63) is 22.4 Å². The van der Waals surface area contributed by atoms with Crippen LogP contribution in [0.3, 0.4) is 0 Å². The van der Waals surface area contributed by atoms with Crippen LogP contribution in [-0.2, 0) is 0 Å². The molecular formula is C16H28N4S2. The van der Waals surface area contributed by atoms with Gasteiger partial charge in [-0.2, -0.15) is 11.8 Å². The molecule has 2 heterocycles. The summed E-state index contributed by atoms with van der Waals surface area (Å²) < 4.78 is 0. The quantitative estimate of drug-likeness (QED) is 0.591. The van der Waals surface area contributed by atoms with Gasteiger partial charge in [0.2, 0.25) is 0 Å². The number of thiophene rings is 1. The first-order valence-electron chi connectivity index (χ1n) is 8.04. The van der Waals surface area contributed by atoms with Crippen molar-refractivity contribution in [2.24, 2.45) is 4.99 Å². The van der Waals surface area contributed by atoms with Crippen LogP contribution in [0.25, 0.3) is 0 Å². The van der Waals surface area contributed by atoms with Gasteiger partial charge in [-0.15, -0.1) is 11.3 Å². The zero-order valence-electron chi connectivity index (χ0n) is 13.8. The van der Waals surface area contributed by atoms with Gasteiger partial charge in [0.1, 0.15) is 0 Å². The average Bonchev–Trinajstić information content (AvgIpc) is 3.18. The van der Waals surface area contributed by atoms with E-state index in [-0.39, 0.29) is 0 Å². The Hall–Kier alpha value is -0.720. The molecule has 6 heteroatoms. The van der Waals surface area contributed by atoms with E-state index >= 15 is 0 Å². The lowest BCUT2D eigenvalue weighted by Crippen LogP contribution is -2.40. The maximum Gasteiger partial charge on any atom is 0.191 e. The standard InChI is InChI=1S/C16H28N4S2/c1-4-17-16(18-11-13-7-5-9-21-13)19-12-14(20(2)3)15-8-6-10-22-15/h6,8,10,13-14H,4-5,7,9,11-12H2,1-3H3,(H2,17,18,19). The second-order valence-electron chi connectivity index (χ2n) is 5.73. The van der Waals surface area contributed by atoms with E-state index in [9.17, 15) is 0 Å². The lowest BCUT2D eigenvalue weighted by molar-refractivity contribution is 0.310. The number of rotatable bonds is 7. The molecule has 0 radical (unpaired) electrons. The van der Waals surface area contributed by atoms with Gasteiger partial charge in [-0.25, -0.2) is 0 Å². The molecule has 4 nitrogen and oxygen atoms in total. The number of hydrogen-bond donors (Lipinski definition) is 2. The Morgan fingerprint density at radius 2 is 2.32 bits per heavy atom. The summed E-state index contributed by atoms with van der Waals surface area (Å²) >= 11 is 3.88. The van der Waals surface area contributed by atoms with Crippen molar-refractivity contribution in [3.63, 3.8) is 0 Å². The lowest BCUT2D eigenvalue weighted by Gasteiger charge is -2.22. The zero-order chi connectivity index (χ0) is 15.8. The van der Waals surface area contributed by atoms with Gasteiger partial charge in [0, 0.05) is 23.2 Å². The number of nitrogens with zero attached hydrogens (tertiary/aromatic N) is 2. The van der Waals surface area contributed by atoms with Crippen molar-refractivity contribution in [1.29, 1.82) is 0 Å². The van der Waals surface area contributed by atoms with Crippen LogP contribution in [0.5, 0.6) is 0 Å². The topological polar surface area (TPSA) is 39.7 Å². The van der Waals surface area contributed by atoms with Crippen molar-refractivity contribution in [1.82, 2.24) is 15.5 Å². The van der Waals surface area contributed by atoms with Crippen LogP contribution in [0, 0.1) is 0 Å². The summed E-state index contributed by atoms with van der Waals surface area (Å²) in [4.78, 5) is 8.42. The van der Waals surface area contributed by atoms with E-state index in [0.29, 0.717) is 6.04 Å². The summed E-state index contributed by atoms with van der Waals surface area (Å²) in [6.45, 7) is 4.81. The van der Waals surface area contributed by atoms with Crippen LogP contribution >= 0.6 is 23.1 Å². The van der Waals surface area contributed by atoms with Gasteiger partial charge in [-0.3, -0.25) is 4.99 Å². The van der Waals surface area contributed by atoms with Crippen molar-refractivity contribution >= 4 is 29.1 Å². The Morgan fingerprint density at radius 3 is 2.91 bits per heavy atom. The molecule has 124 valence electrons. The fraction of sp³-hybridized carbons (Fsp3) is 0.688. The molecule has 1 fully saturated rings. The summed E-state index contributed by atoms with van der Waals surface area (Å²) in [6, 6.07) is 4.65. The zero-order valence-corrected chi connectivity index (χ0v) is 15.5. The third-order valence-corrected chi connectivity index (χ3v) is 6.15. The molecule has 0 aliphatic carbocycles. The minimum atomic E-state index is 0.344. The Morgan fingerprint density at radius 1 is 1.45 bits per heavy atom. The van der Waals surface area contributed by atoms with Crippen LogP contribution in [0.2, 0.25) is 0 Å². The Balaban J connectivity index is 1.92. The van der Waals surface area contributed by atoms with Crippen LogP contribution in [-0.4, -0.2) is 55.6 Å². The predicted molar refractivity (Wildman–Crippen MR) is 100 cm³/mol. The number of aliphatic imine (C=N–C) groups is 1. The number of thioether (sulfide) groups is 1. The summed E-state index contributed by atoms with van der Waals surface area (Å²) in [5.74, 6) is 2.25. The van der Waals surface area contributed by atoms with Crippen LogP contribution in [0.15, 0.2) is 22.5 Å². The maximum atomic E-state index is 4.80. The minimum Gasteiger partial charge on any atom is -0.357 e. The summed E-state index contributed by atoms with van der Waals surface area (Å²) in [7, 11) is 4.24. The van der Waals surface area contributed by atoms with E-state index in [1.54, 1.807) is 11.3 Å². The molecule has 0 spiro atoms. The Bertz CT molecular complexity index is 439. The first-order valence-corrected chi connectivity index (χ1v) is 9.97. The molecule has 0 aromatic carbocycles. The number of hydrogen-bond acceptors (Lipinski definition) is 4. The van der Waals surface area contributed by atoms with Crippen molar-refractivity contribution in [2.75, 3.05) is 39.5 Å². The van der Waals surface area contributed by atoms with Crippen molar-refractivity contribution in [2.45, 2.75) is 31.1 Å². The molecule has 0 saturated carbocycles. The van der Waals surface area contributed by atoms with E-state index < -0.39 is 0 Å². The largest absolute Gasteiger partial charge is 0.357 e. The highest BCUT2D eigenvalue weighted by molar-refractivity contribution is 8.00. The predicted octanol–water partition coefficient (Wildman–Crippen LogP) is 2.80. The molecule has 2 atom stereocenters. The number of likely N-dealkylation sites (N-methyl/N-ethyl adjacent to an activating group) is 1. The first-order chi connectivity index (χ1) is 10.7. The van der Waals surface area contributed by atoms with Gasteiger partial charge < -0.3 is 15.5 Å². The van der Waals surface area contributed by atoms with Gasteiger partial charge in [0.15, 0.2) is 5.96 Å². The molecule has 1 saturated heterocycles. The Labute approximate surface area is 142 Å². The highest BCUT2D eigenvalue weighted by atomic mass is 32.2. The van der Waals surface area contributed by atoms with E-state index in [1.807, 2.05) is 0 Å². The fourth-order valence-electron chi connectivity index (χ4n) is 2.52. The molecule has 1 aromatic rings. The molecule has 2 unspecified atom stereocenters. The van der Waals surface area contributed by atoms with Crippen molar-refractivity contribution < 1.29 is 0 Å². The lowest BCUT2D eigenvalue weighted by atomic mass is 10.2. The molecule has 1 aromatic heterocycles. The van der Waals surface area contributed by atoms with E-state index in [1.165, 1.54) is 23.5 Å². The number of nitrogens with one attached hydrogen (secondary N) is 2. The van der Waals surface area contributed by atoms with Gasteiger partial charge >= 0.3 is 0 Å². The summed E-state index contributed by atoms with van der Waals surface area (Å²) in [5.41, 5.74) is 0. The second kappa shape index (κ2) is 9.43. The molecule has 1 aliphatic heterocycles. The highest BCUT2D eigenvalue weighted by Crippen LogP contribution is 2.25. The Kier molecular flexibility index (Phi) is 7.55. The van der Waals surface area contributed by atoms with Gasteiger partial charge in [0.05, 0.1) is 12.6 Å². The van der Waals surface area contributed by atoms with E-state index in [4.69, 9.17) is 4.99 Å². The molecule has 2 rings (SSSR count). The number of guanidine groups is 1. The molecule has 22 heavy (non-hydrogen) atoms. The third kappa shape index (κ3) is 5.48. The van der Waals surface area contributed by atoms with E-state index in [2.05, 4.69) is 65.8 Å². The summed E-state index contributed by atoms with van der Waals surface area (Å²) in [5, 5.41) is 9.74. The third-order valence-electron chi connectivity index (χ3n) is 3.78. The molecule has 0 bridgehead atoms. The monoisotopic (exact) mass is 340 g/mol. The van der Waals surface area contributed by atoms with Gasteiger partial charge in [-0.05, 0) is 51.1 Å². The van der Waals surface area contributed by atoms with Gasteiger partial charge in [0.25, 0.3) is 0 Å². The molecule has 2 N–H and O–H groups in total. The van der Waals surface area contributed by atoms with Gasteiger partial charge in [-0.1, -0.05) is 6.07 Å². The second-order valence-corrected chi connectivity index (χ2v) is 8.12. The smallest absolute Gasteiger partial charge is 0.191 e. The molecule has 0 amide bonds.